The van der Waals surface area contributed by atoms with Crippen LogP contribution in [-0.2, 0) is 24.4 Å². The Hall–Kier alpha value is -2.66. The van der Waals surface area contributed by atoms with Gasteiger partial charge in [-0.3, -0.25) is 4.79 Å². The van der Waals surface area contributed by atoms with Gasteiger partial charge in [0.15, 0.2) is 0 Å². The minimum absolute atomic E-state index is 0.135. The number of carbonyl (C=O) groups excluding carboxylic acids is 1. The van der Waals surface area contributed by atoms with E-state index >= 15 is 0 Å². The van der Waals surface area contributed by atoms with Crippen molar-refractivity contribution in [3.63, 3.8) is 0 Å². The second kappa shape index (κ2) is 10.2. The molecule has 0 radical (unpaired) electrons. The van der Waals surface area contributed by atoms with E-state index in [0.29, 0.717) is 19.6 Å². The molecule has 4 nitrogen and oxygen atoms in total. The molecule has 0 aliphatic carbocycles. The third-order valence-corrected chi connectivity index (χ3v) is 5.89. The van der Waals surface area contributed by atoms with Crippen molar-refractivity contribution in [2.75, 3.05) is 0 Å². The first-order chi connectivity index (χ1) is 14.1. The summed E-state index contributed by atoms with van der Waals surface area (Å²) in [5.74, 6) is 1.01. The zero-order valence-electron chi connectivity index (χ0n) is 17.3. The van der Waals surface area contributed by atoms with Gasteiger partial charge >= 0.3 is 0 Å². The maximum Gasteiger partial charge on any atom is 0.227 e. The number of ether oxygens (including phenoxy) is 1. The van der Waals surface area contributed by atoms with Crippen LogP contribution in [0.1, 0.15) is 42.1 Å². The van der Waals surface area contributed by atoms with Crippen molar-refractivity contribution < 1.29 is 9.53 Å². The molecule has 152 valence electrons. The third-order valence-electron chi connectivity index (χ3n) is 5.02. The molecule has 1 amide bonds. The van der Waals surface area contributed by atoms with Crippen molar-refractivity contribution >= 4 is 17.2 Å². The predicted molar refractivity (Wildman–Crippen MR) is 118 cm³/mol. The maximum absolute atomic E-state index is 12.9. The van der Waals surface area contributed by atoms with Gasteiger partial charge in [0.05, 0.1) is 18.7 Å². The average Bonchev–Trinajstić information content (AvgIpc) is 3.19. The molecule has 1 heterocycles. The van der Waals surface area contributed by atoms with E-state index in [4.69, 9.17) is 9.72 Å². The highest BCUT2D eigenvalue weighted by Crippen LogP contribution is 2.20. The Morgan fingerprint density at radius 3 is 2.59 bits per heavy atom. The van der Waals surface area contributed by atoms with Gasteiger partial charge in [0.2, 0.25) is 5.91 Å². The molecule has 0 aliphatic heterocycles. The molecule has 29 heavy (non-hydrogen) atoms. The molecule has 2 aromatic carbocycles. The van der Waals surface area contributed by atoms with Gasteiger partial charge in [-0.2, -0.15) is 0 Å². The number of carbonyl (C=O) groups is 1. The summed E-state index contributed by atoms with van der Waals surface area (Å²) < 4.78 is 5.90. The maximum atomic E-state index is 12.9. The first kappa shape index (κ1) is 21.1. The van der Waals surface area contributed by atoms with E-state index in [-0.39, 0.29) is 11.9 Å². The van der Waals surface area contributed by atoms with Crippen LogP contribution in [0.3, 0.4) is 0 Å². The van der Waals surface area contributed by atoms with E-state index in [9.17, 15) is 4.79 Å². The van der Waals surface area contributed by atoms with Crippen LogP contribution in [0.2, 0.25) is 0 Å². The zero-order valence-corrected chi connectivity index (χ0v) is 18.1. The highest BCUT2D eigenvalue weighted by atomic mass is 32.1. The van der Waals surface area contributed by atoms with Crippen LogP contribution in [0.15, 0.2) is 60.0 Å². The second-order valence-corrected chi connectivity index (χ2v) is 8.17. The lowest BCUT2D eigenvalue weighted by atomic mass is 10.1. The zero-order chi connectivity index (χ0) is 20.6. The van der Waals surface area contributed by atoms with Crippen molar-refractivity contribution in [2.45, 2.75) is 52.8 Å². The molecule has 1 unspecified atom stereocenters. The minimum atomic E-state index is 0.135. The Morgan fingerprint density at radius 2 is 1.86 bits per heavy atom. The van der Waals surface area contributed by atoms with E-state index in [1.165, 1.54) is 0 Å². The summed E-state index contributed by atoms with van der Waals surface area (Å²) in [6, 6.07) is 18.0. The number of thiazole rings is 1. The van der Waals surface area contributed by atoms with Crippen molar-refractivity contribution in [1.29, 1.82) is 0 Å². The van der Waals surface area contributed by atoms with Gasteiger partial charge in [0, 0.05) is 11.4 Å². The highest BCUT2D eigenvalue weighted by molar-refractivity contribution is 7.09. The molecule has 3 aromatic rings. The van der Waals surface area contributed by atoms with E-state index in [2.05, 4.69) is 13.8 Å². The van der Waals surface area contributed by atoms with Crippen molar-refractivity contribution in [3.8, 4) is 5.75 Å². The summed E-state index contributed by atoms with van der Waals surface area (Å²) in [6.07, 6.45) is 1.33. The Morgan fingerprint density at radius 1 is 1.14 bits per heavy atom. The van der Waals surface area contributed by atoms with Crippen LogP contribution < -0.4 is 4.74 Å². The van der Waals surface area contributed by atoms with Gasteiger partial charge in [0.1, 0.15) is 17.4 Å². The molecule has 0 N–H and O–H groups in total. The van der Waals surface area contributed by atoms with Crippen LogP contribution in [0, 0.1) is 6.92 Å². The lowest BCUT2D eigenvalue weighted by Crippen LogP contribution is -2.38. The van der Waals surface area contributed by atoms with Gasteiger partial charge < -0.3 is 9.64 Å². The lowest BCUT2D eigenvalue weighted by Gasteiger charge is -2.28. The van der Waals surface area contributed by atoms with Gasteiger partial charge in [-0.25, -0.2) is 4.98 Å². The molecule has 0 bridgehead atoms. The van der Waals surface area contributed by atoms with E-state index in [1.807, 2.05) is 71.8 Å². The van der Waals surface area contributed by atoms with Crippen molar-refractivity contribution in [1.82, 2.24) is 9.88 Å². The van der Waals surface area contributed by atoms with E-state index < -0.39 is 0 Å². The van der Waals surface area contributed by atoms with Gasteiger partial charge in [-0.05, 0) is 37.5 Å². The Bertz CT molecular complexity index is 923. The average molecular weight is 409 g/mol. The van der Waals surface area contributed by atoms with Crippen LogP contribution in [0.5, 0.6) is 5.75 Å². The number of nitrogens with zero attached hydrogens (tertiary/aromatic N) is 2. The molecule has 3 rings (SSSR count). The number of aryl methyl sites for hydroxylation is 1. The SMILES string of the molecule is CCC(C)N(Cc1csc(COc2ccccc2C)n1)C(=O)Cc1ccccc1. The summed E-state index contributed by atoms with van der Waals surface area (Å²) >= 11 is 1.58. The summed E-state index contributed by atoms with van der Waals surface area (Å²) in [7, 11) is 0. The molecular formula is C24H28N2O2S. The molecule has 0 aliphatic rings. The predicted octanol–water partition coefficient (Wildman–Crippen LogP) is 5.40. The fourth-order valence-electron chi connectivity index (χ4n) is 3.10. The topological polar surface area (TPSA) is 42.4 Å². The molecule has 1 atom stereocenters. The first-order valence-electron chi connectivity index (χ1n) is 10.0. The summed E-state index contributed by atoms with van der Waals surface area (Å²) in [5.41, 5.74) is 3.07. The molecule has 1 aromatic heterocycles. The van der Waals surface area contributed by atoms with Crippen molar-refractivity contribution in [2.24, 2.45) is 0 Å². The van der Waals surface area contributed by atoms with Gasteiger partial charge in [-0.1, -0.05) is 55.5 Å². The number of benzene rings is 2. The highest BCUT2D eigenvalue weighted by Gasteiger charge is 2.20. The normalized spacial score (nSPS) is 11.8. The molecular weight excluding hydrogens is 380 g/mol. The van der Waals surface area contributed by atoms with E-state index in [1.54, 1.807) is 11.3 Å². The monoisotopic (exact) mass is 408 g/mol. The van der Waals surface area contributed by atoms with Crippen LogP contribution in [0.4, 0.5) is 0 Å². The van der Waals surface area contributed by atoms with Crippen molar-refractivity contribution in [3.05, 3.63) is 81.8 Å². The Labute approximate surface area is 177 Å². The van der Waals surface area contributed by atoms with Crippen LogP contribution in [0.25, 0.3) is 0 Å². The third kappa shape index (κ3) is 5.91. The molecule has 5 heteroatoms. The number of amides is 1. The Balaban J connectivity index is 1.64. The fourth-order valence-corrected chi connectivity index (χ4v) is 3.80. The molecule has 0 fully saturated rings. The Kier molecular flexibility index (Phi) is 7.42. The van der Waals surface area contributed by atoms with Gasteiger partial charge in [-0.15, -0.1) is 11.3 Å². The smallest absolute Gasteiger partial charge is 0.227 e. The molecule has 0 spiro atoms. The fraction of sp³-hybridized carbons (Fsp3) is 0.333. The molecule has 0 saturated carbocycles. The number of aromatic nitrogens is 1. The minimum Gasteiger partial charge on any atom is -0.486 e. The standard InChI is InChI=1S/C24H28N2O2S/c1-4-19(3)26(24(27)14-20-11-6-5-7-12-20)15-21-17-29-23(25-21)16-28-22-13-9-8-10-18(22)2/h5-13,17,19H,4,14-16H2,1-3H3. The summed E-state index contributed by atoms with van der Waals surface area (Å²) in [5, 5.41) is 2.95. The van der Waals surface area contributed by atoms with E-state index in [0.717, 1.165) is 34.0 Å². The first-order valence-corrected chi connectivity index (χ1v) is 10.9. The van der Waals surface area contributed by atoms with Gasteiger partial charge in [0.25, 0.3) is 0 Å². The van der Waals surface area contributed by atoms with Crippen LogP contribution >= 0.6 is 11.3 Å². The second-order valence-electron chi connectivity index (χ2n) is 7.23. The largest absolute Gasteiger partial charge is 0.486 e. The summed E-state index contributed by atoms with van der Waals surface area (Å²) in [4.78, 5) is 19.6. The number of hydrogen-bond acceptors (Lipinski definition) is 4. The summed E-state index contributed by atoms with van der Waals surface area (Å²) in [6.45, 7) is 7.21. The van der Waals surface area contributed by atoms with Crippen LogP contribution in [-0.4, -0.2) is 21.8 Å². The quantitative estimate of drug-likeness (QED) is 0.476. The lowest BCUT2D eigenvalue weighted by molar-refractivity contribution is -0.133. The number of para-hydroxylation sites is 1. The number of rotatable bonds is 9. The molecule has 0 saturated heterocycles. The number of hydrogen-bond donors (Lipinski definition) is 0.